The molecule has 0 saturated carbocycles. The lowest BCUT2D eigenvalue weighted by atomic mass is 9.96. The van der Waals surface area contributed by atoms with E-state index >= 15 is 0 Å². The molecule has 22 heavy (non-hydrogen) atoms. The molecule has 0 aromatic heterocycles. The Kier molecular flexibility index (Phi) is 5.56. The van der Waals surface area contributed by atoms with Crippen molar-refractivity contribution < 1.29 is 14.2 Å². The van der Waals surface area contributed by atoms with Crippen LogP contribution in [-0.4, -0.2) is 53.3 Å². The predicted molar refractivity (Wildman–Crippen MR) is 90.6 cm³/mol. The van der Waals surface area contributed by atoms with Gasteiger partial charge in [0.1, 0.15) is 6.21 Å². The maximum absolute atomic E-state index is 12.6. The molecule has 1 atom stereocenters. The third kappa shape index (κ3) is 3.02. The number of hydrogen-bond donors (Lipinski definition) is 0. The smallest absolute Gasteiger partial charge is 0.255 e. The molecule has 2 aliphatic rings. The molecule has 1 unspecified atom stereocenters. The lowest BCUT2D eigenvalue weighted by Crippen LogP contribution is -2.52. The highest BCUT2D eigenvalue weighted by molar-refractivity contribution is 8.03. The van der Waals surface area contributed by atoms with Gasteiger partial charge in [-0.2, -0.15) is 9.48 Å². The van der Waals surface area contributed by atoms with Crippen LogP contribution in [0.1, 0.15) is 39.5 Å². The third-order valence-electron chi connectivity index (χ3n) is 3.96. The summed E-state index contributed by atoms with van der Waals surface area (Å²) in [4.78, 5) is 31.4. The van der Waals surface area contributed by atoms with Crippen LogP contribution in [0.2, 0.25) is 0 Å². The van der Waals surface area contributed by atoms with Crippen molar-refractivity contribution in [3.63, 3.8) is 0 Å². The van der Waals surface area contributed by atoms with Crippen molar-refractivity contribution in [1.82, 2.24) is 4.90 Å². The van der Waals surface area contributed by atoms with Crippen LogP contribution in [0.4, 0.5) is 4.79 Å². The fraction of sp³-hybridized carbons (Fsp3) is 0.625. The van der Waals surface area contributed by atoms with Gasteiger partial charge >= 0.3 is 11.9 Å². The van der Waals surface area contributed by atoms with Gasteiger partial charge in [-0.15, -0.1) is 16.8 Å². The van der Waals surface area contributed by atoms with Crippen molar-refractivity contribution in [2.24, 2.45) is 10.9 Å². The largest absolute Gasteiger partial charge is 0.445 e. The molecule has 6 heteroatoms. The van der Waals surface area contributed by atoms with Crippen LogP contribution in [0.5, 0.6) is 0 Å². The number of nitrogens with zero attached hydrogens (tertiary/aromatic N) is 3. The van der Waals surface area contributed by atoms with E-state index < -0.39 is 5.92 Å². The number of urea groups is 1. The number of amidine groups is 1. The molecule has 0 N–H and O–H groups in total. The van der Waals surface area contributed by atoms with E-state index in [9.17, 15) is 9.59 Å². The van der Waals surface area contributed by atoms with E-state index in [4.69, 9.17) is 0 Å². The van der Waals surface area contributed by atoms with Crippen LogP contribution in [0.25, 0.3) is 0 Å². The van der Waals surface area contributed by atoms with E-state index in [1.165, 1.54) is 9.48 Å². The Morgan fingerprint density at radius 1 is 1.32 bits per heavy atom. The maximum atomic E-state index is 12.6. The van der Waals surface area contributed by atoms with E-state index in [0.717, 1.165) is 41.9 Å². The number of imide groups is 1. The third-order valence-corrected chi connectivity index (χ3v) is 5.26. The molecular formula is C16H24N3O2S+. The number of unbranched alkanes of at least 4 members (excludes halogenated alkanes) is 1. The highest BCUT2D eigenvalue weighted by atomic mass is 32.2. The number of amides is 3. The highest BCUT2D eigenvalue weighted by Crippen LogP contribution is 2.36. The van der Waals surface area contributed by atoms with Crippen molar-refractivity contribution in [3.05, 3.63) is 10.5 Å². The molecule has 0 bridgehead atoms. The predicted octanol–water partition coefficient (Wildman–Crippen LogP) is 2.91. The van der Waals surface area contributed by atoms with Crippen LogP contribution in [0.15, 0.2) is 15.5 Å². The molecule has 0 spiro atoms. The van der Waals surface area contributed by atoms with E-state index in [1.807, 2.05) is 6.21 Å². The standard InChI is InChI=1S/C16H24N3O2S/c1-5-7-9-22-13-11(8-6-2)10-17-14-12(13)15(20)19(4)16(21)18(14)3/h10,12H,5-9H2,1-4H3/q+1. The van der Waals surface area contributed by atoms with Crippen molar-refractivity contribution in [2.75, 3.05) is 19.8 Å². The second kappa shape index (κ2) is 7.22. The lowest BCUT2D eigenvalue weighted by molar-refractivity contribution is -0.407. The van der Waals surface area contributed by atoms with Gasteiger partial charge in [0.15, 0.2) is 5.92 Å². The molecular weight excluding hydrogens is 298 g/mol. The van der Waals surface area contributed by atoms with Gasteiger partial charge in [-0.1, -0.05) is 26.7 Å². The molecule has 5 nitrogen and oxygen atoms in total. The van der Waals surface area contributed by atoms with Gasteiger partial charge in [0.25, 0.3) is 5.84 Å². The number of rotatable bonds is 6. The Hall–Kier alpha value is -1.43. The van der Waals surface area contributed by atoms with Gasteiger partial charge in [0, 0.05) is 4.91 Å². The first kappa shape index (κ1) is 16.9. The average molecular weight is 322 g/mol. The Balaban J connectivity index is 2.44. The molecule has 120 valence electrons. The van der Waals surface area contributed by atoms with Crippen LogP contribution < -0.4 is 0 Å². The van der Waals surface area contributed by atoms with E-state index in [0.29, 0.717) is 5.84 Å². The Labute approximate surface area is 136 Å². The summed E-state index contributed by atoms with van der Waals surface area (Å²) in [5.41, 5.74) is 1.14. The average Bonchev–Trinajstić information content (AvgIpc) is 2.52. The summed E-state index contributed by atoms with van der Waals surface area (Å²) in [6.07, 6.45) is 6.01. The second-order valence-corrected chi connectivity index (χ2v) is 6.77. The van der Waals surface area contributed by atoms with Gasteiger partial charge in [-0.25, -0.2) is 4.79 Å². The first-order chi connectivity index (χ1) is 10.5. The molecule has 0 radical (unpaired) electrons. The zero-order chi connectivity index (χ0) is 16.3. The normalized spacial score (nSPS) is 21.8. The monoisotopic (exact) mass is 322 g/mol. The highest BCUT2D eigenvalue weighted by Gasteiger charge is 2.48. The van der Waals surface area contributed by atoms with Crippen LogP contribution >= 0.6 is 11.8 Å². The van der Waals surface area contributed by atoms with Gasteiger partial charge in [0.05, 0.1) is 14.1 Å². The topological polar surface area (TPSA) is 52.8 Å². The summed E-state index contributed by atoms with van der Waals surface area (Å²) in [5.74, 6) is 0.973. The van der Waals surface area contributed by atoms with Crippen molar-refractivity contribution >= 4 is 35.8 Å². The first-order valence-electron chi connectivity index (χ1n) is 7.84. The van der Waals surface area contributed by atoms with E-state index in [2.05, 4.69) is 18.8 Å². The minimum absolute atomic E-state index is 0.164. The quantitative estimate of drug-likeness (QED) is 0.558. The zero-order valence-corrected chi connectivity index (χ0v) is 14.6. The van der Waals surface area contributed by atoms with Gasteiger partial charge in [-0.05, 0) is 24.2 Å². The summed E-state index contributed by atoms with van der Waals surface area (Å²) >= 11 is 1.75. The lowest BCUT2D eigenvalue weighted by Gasteiger charge is -2.28. The summed E-state index contributed by atoms with van der Waals surface area (Å²) in [7, 11) is 3.23. The minimum atomic E-state index is -0.416. The summed E-state index contributed by atoms with van der Waals surface area (Å²) in [6.45, 7) is 4.28. The molecule has 0 aromatic rings. The van der Waals surface area contributed by atoms with Crippen molar-refractivity contribution in [1.29, 1.82) is 0 Å². The molecule has 0 aromatic carbocycles. The summed E-state index contributed by atoms with van der Waals surface area (Å²) < 4.78 is 1.49. The van der Waals surface area contributed by atoms with Crippen LogP contribution in [0.3, 0.4) is 0 Å². The van der Waals surface area contributed by atoms with E-state index in [-0.39, 0.29) is 11.9 Å². The SMILES string of the molecule is CCCCSC1=C(CCC)C=NC2=[N+](C)C(=O)N(C)C(=O)C12. The van der Waals surface area contributed by atoms with E-state index in [1.54, 1.807) is 25.9 Å². The zero-order valence-electron chi connectivity index (χ0n) is 13.8. The maximum Gasteiger partial charge on any atom is 0.445 e. The molecule has 2 heterocycles. The minimum Gasteiger partial charge on any atom is -0.255 e. The Morgan fingerprint density at radius 3 is 2.68 bits per heavy atom. The fourth-order valence-electron chi connectivity index (χ4n) is 2.66. The first-order valence-corrected chi connectivity index (χ1v) is 8.83. The van der Waals surface area contributed by atoms with Gasteiger partial charge in [0.2, 0.25) is 0 Å². The second-order valence-electron chi connectivity index (χ2n) is 5.63. The number of hydrogen-bond acceptors (Lipinski definition) is 4. The summed E-state index contributed by atoms with van der Waals surface area (Å²) in [5, 5.41) is 0. The number of fused-ring (bicyclic) bond motifs is 1. The van der Waals surface area contributed by atoms with Gasteiger partial charge < -0.3 is 0 Å². The number of thioether (sulfide) groups is 1. The molecule has 0 fully saturated rings. The number of carbonyl (C=O) groups is 2. The van der Waals surface area contributed by atoms with Crippen molar-refractivity contribution in [2.45, 2.75) is 39.5 Å². The number of aliphatic imine (C=N–C) groups is 1. The van der Waals surface area contributed by atoms with Crippen molar-refractivity contribution in [3.8, 4) is 0 Å². The molecule has 0 aliphatic carbocycles. The molecule has 0 saturated heterocycles. The number of carbonyl (C=O) groups excluding carboxylic acids is 2. The number of dihydropyridines is 1. The van der Waals surface area contributed by atoms with Crippen LogP contribution in [-0.2, 0) is 4.79 Å². The molecule has 2 rings (SSSR count). The fourth-order valence-corrected chi connectivity index (χ4v) is 4.02. The number of allylic oxidation sites excluding steroid dienone is 1. The van der Waals surface area contributed by atoms with Gasteiger partial charge in [-0.3, -0.25) is 4.79 Å². The summed E-state index contributed by atoms with van der Waals surface area (Å²) in [6, 6.07) is -0.315. The Bertz CT molecular complexity index is 578. The molecule has 2 aliphatic heterocycles. The molecule has 3 amide bonds. The Morgan fingerprint density at radius 2 is 2.05 bits per heavy atom. The van der Waals surface area contributed by atoms with Crippen LogP contribution in [0, 0.1) is 5.92 Å².